The monoisotopic (exact) mass is 177 g/mol. The highest BCUT2D eigenvalue weighted by Gasteiger charge is 1.83. The number of hydrogen-bond donors (Lipinski definition) is 1. The van der Waals surface area contributed by atoms with Crippen LogP contribution in [-0.4, -0.2) is 6.04 Å². The van der Waals surface area contributed by atoms with Crippen LogP contribution in [0.3, 0.4) is 0 Å². The molecule has 0 aliphatic rings. The Morgan fingerprint density at radius 3 is 2.45 bits per heavy atom. The van der Waals surface area contributed by atoms with Gasteiger partial charge < -0.3 is 5.73 Å². The van der Waals surface area contributed by atoms with Crippen molar-refractivity contribution < 1.29 is 0 Å². The van der Waals surface area contributed by atoms with Crippen LogP contribution in [0.5, 0.6) is 0 Å². The number of hydrogen-bond acceptors (Lipinski definition) is 1. The largest absolute Gasteiger partial charge is 0.325 e. The van der Waals surface area contributed by atoms with E-state index in [1.807, 2.05) is 6.92 Å². The Bertz CT molecular complexity index is 89.6. The van der Waals surface area contributed by atoms with Crippen LogP contribution >= 0.6 is 12.4 Å². The predicted molar refractivity (Wildman–Crippen MR) is 54.2 cm³/mol. The molecule has 1 atom stereocenters. The molecule has 0 amide bonds. The van der Waals surface area contributed by atoms with Crippen molar-refractivity contribution in [1.82, 2.24) is 0 Å². The first-order valence-electron chi connectivity index (χ1n) is 4.19. The van der Waals surface area contributed by atoms with Gasteiger partial charge >= 0.3 is 0 Å². The van der Waals surface area contributed by atoms with Crippen LogP contribution in [0.2, 0.25) is 0 Å². The van der Waals surface area contributed by atoms with Crippen molar-refractivity contribution in [1.29, 1.82) is 0 Å². The Kier molecular flexibility index (Phi) is 12.3. The molecule has 0 aliphatic carbocycles. The third kappa shape index (κ3) is 13.1. The van der Waals surface area contributed by atoms with Crippen molar-refractivity contribution in [2.75, 3.05) is 0 Å². The maximum absolute atomic E-state index is 5.52. The Labute approximate surface area is 76.5 Å². The summed E-state index contributed by atoms with van der Waals surface area (Å²) in [6.45, 7) is 4.21. The van der Waals surface area contributed by atoms with Crippen LogP contribution in [0.4, 0.5) is 0 Å². The minimum absolute atomic E-state index is 0. The first-order chi connectivity index (χ1) is 4.77. The SMILES string of the molecule is CCCCC/C=C/C(C)N.Cl. The lowest BCUT2D eigenvalue weighted by molar-refractivity contribution is 0.726. The molecule has 0 spiro atoms. The third-order valence-electron chi connectivity index (χ3n) is 1.41. The van der Waals surface area contributed by atoms with Crippen LogP contribution in [0.25, 0.3) is 0 Å². The molecule has 0 aromatic carbocycles. The van der Waals surface area contributed by atoms with Crippen LogP contribution in [0.1, 0.15) is 39.5 Å². The first kappa shape index (κ1) is 13.6. The summed E-state index contributed by atoms with van der Waals surface area (Å²) < 4.78 is 0. The molecule has 0 bridgehead atoms. The predicted octanol–water partition coefficient (Wildman–Crippen LogP) is 2.89. The molecule has 1 nitrogen and oxygen atoms in total. The fraction of sp³-hybridized carbons (Fsp3) is 0.778. The number of unbranched alkanes of at least 4 members (excludes halogenated alkanes) is 3. The van der Waals surface area contributed by atoms with Gasteiger partial charge in [0.2, 0.25) is 0 Å². The topological polar surface area (TPSA) is 26.0 Å². The van der Waals surface area contributed by atoms with Gasteiger partial charge in [0, 0.05) is 6.04 Å². The molecular formula is C9H20ClN. The zero-order chi connectivity index (χ0) is 7.82. The second-order valence-corrected chi connectivity index (χ2v) is 2.78. The van der Waals surface area contributed by atoms with Gasteiger partial charge in [-0.25, -0.2) is 0 Å². The van der Waals surface area contributed by atoms with E-state index in [1.165, 1.54) is 25.7 Å². The van der Waals surface area contributed by atoms with Crippen LogP contribution in [0.15, 0.2) is 12.2 Å². The van der Waals surface area contributed by atoms with Crippen molar-refractivity contribution in [3.8, 4) is 0 Å². The molecule has 0 fully saturated rings. The minimum Gasteiger partial charge on any atom is -0.325 e. The maximum Gasteiger partial charge on any atom is 0.0194 e. The quantitative estimate of drug-likeness (QED) is 0.507. The second kappa shape index (κ2) is 9.99. The molecule has 0 rings (SSSR count). The summed E-state index contributed by atoms with van der Waals surface area (Å²) in [4.78, 5) is 0. The fourth-order valence-corrected chi connectivity index (χ4v) is 0.823. The highest BCUT2D eigenvalue weighted by atomic mass is 35.5. The highest BCUT2D eigenvalue weighted by Crippen LogP contribution is 1.99. The van der Waals surface area contributed by atoms with E-state index >= 15 is 0 Å². The standard InChI is InChI=1S/C9H19N.ClH/c1-3-4-5-6-7-8-9(2)10;/h7-9H,3-6,10H2,1-2H3;1H/b8-7+;. The molecule has 0 aromatic heterocycles. The molecule has 1 unspecified atom stereocenters. The number of allylic oxidation sites excluding steroid dienone is 1. The Morgan fingerprint density at radius 1 is 1.36 bits per heavy atom. The van der Waals surface area contributed by atoms with Crippen molar-refractivity contribution in [3.63, 3.8) is 0 Å². The average molecular weight is 178 g/mol. The van der Waals surface area contributed by atoms with Crippen LogP contribution < -0.4 is 5.73 Å². The Hall–Kier alpha value is -0.0100. The van der Waals surface area contributed by atoms with E-state index in [0.29, 0.717) is 0 Å². The molecule has 11 heavy (non-hydrogen) atoms. The van der Waals surface area contributed by atoms with Crippen molar-refractivity contribution in [3.05, 3.63) is 12.2 Å². The zero-order valence-electron chi connectivity index (χ0n) is 7.55. The molecule has 0 saturated carbocycles. The summed E-state index contributed by atoms with van der Waals surface area (Å²) in [6.07, 6.45) is 9.38. The van der Waals surface area contributed by atoms with Gasteiger partial charge in [-0.05, 0) is 19.8 Å². The van der Waals surface area contributed by atoms with Gasteiger partial charge in [-0.1, -0.05) is 31.9 Å². The summed E-state index contributed by atoms with van der Waals surface area (Å²) in [7, 11) is 0. The molecule has 2 heteroatoms. The van der Waals surface area contributed by atoms with E-state index in [0.717, 1.165) is 0 Å². The van der Waals surface area contributed by atoms with E-state index in [1.54, 1.807) is 0 Å². The van der Waals surface area contributed by atoms with E-state index in [2.05, 4.69) is 19.1 Å². The van der Waals surface area contributed by atoms with Crippen molar-refractivity contribution in [2.45, 2.75) is 45.6 Å². The summed E-state index contributed by atoms with van der Waals surface area (Å²) >= 11 is 0. The molecule has 0 aliphatic heterocycles. The van der Waals surface area contributed by atoms with E-state index in [9.17, 15) is 0 Å². The molecule has 0 saturated heterocycles. The van der Waals surface area contributed by atoms with Gasteiger partial charge in [0.1, 0.15) is 0 Å². The fourth-order valence-electron chi connectivity index (χ4n) is 0.823. The maximum atomic E-state index is 5.52. The van der Waals surface area contributed by atoms with Crippen molar-refractivity contribution in [2.24, 2.45) is 5.73 Å². The summed E-state index contributed by atoms with van der Waals surface area (Å²) in [5.41, 5.74) is 5.52. The first-order valence-corrected chi connectivity index (χ1v) is 4.19. The lowest BCUT2D eigenvalue weighted by Gasteiger charge is -1.94. The molecular weight excluding hydrogens is 158 g/mol. The van der Waals surface area contributed by atoms with Gasteiger partial charge in [0.15, 0.2) is 0 Å². The average Bonchev–Trinajstić information content (AvgIpc) is 1.87. The van der Waals surface area contributed by atoms with Gasteiger partial charge in [-0.3, -0.25) is 0 Å². The number of halogens is 1. The Morgan fingerprint density at radius 2 is 2.00 bits per heavy atom. The van der Waals surface area contributed by atoms with Gasteiger partial charge in [-0.15, -0.1) is 12.4 Å². The minimum atomic E-state index is 0. The van der Waals surface area contributed by atoms with Gasteiger partial charge in [0.05, 0.1) is 0 Å². The Balaban J connectivity index is 0. The van der Waals surface area contributed by atoms with E-state index in [-0.39, 0.29) is 18.4 Å². The smallest absolute Gasteiger partial charge is 0.0194 e. The molecule has 0 heterocycles. The lowest BCUT2D eigenvalue weighted by atomic mass is 10.2. The number of nitrogens with two attached hydrogens (primary N) is 1. The molecule has 2 N–H and O–H groups in total. The zero-order valence-corrected chi connectivity index (χ0v) is 8.36. The van der Waals surface area contributed by atoms with E-state index in [4.69, 9.17) is 5.73 Å². The van der Waals surface area contributed by atoms with Crippen LogP contribution in [-0.2, 0) is 0 Å². The summed E-state index contributed by atoms with van der Waals surface area (Å²) in [6, 6.07) is 0.224. The second-order valence-electron chi connectivity index (χ2n) is 2.78. The van der Waals surface area contributed by atoms with Crippen molar-refractivity contribution >= 4 is 12.4 Å². The van der Waals surface area contributed by atoms with Gasteiger partial charge in [0.25, 0.3) is 0 Å². The van der Waals surface area contributed by atoms with Crippen LogP contribution in [0, 0.1) is 0 Å². The molecule has 68 valence electrons. The molecule has 0 radical (unpaired) electrons. The number of rotatable bonds is 5. The van der Waals surface area contributed by atoms with Gasteiger partial charge in [-0.2, -0.15) is 0 Å². The molecule has 0 aromatic rings. The normalized spacial score (nSPS) is 13.0. The third-order valence-corrected chi connectivity index (χ3v) is 1.41. The highest BCUT2D eigenvalue weighted by molar-refractivity contribution is 5.85. The summed E-state index contributed by atoms with van der Waals surface area (Å²) in [5.74, 6) is 0. The lowest BCUT2D eigenvalue weighted by Crippen LogP contribution is -2.09. The van der Waals surface area contributed by atoms with E-state index < -0.39 is 0 Å². The summed E-state index contributed by atoms with van der Waals surface area (Å²) in [5, 5.41) is 0.